The van der Waals surface area contributed by atoms with Crippen molar-refractivity contribution in [3.8, 4) is 0 Å². The monoisotopic (exact) mass is 429 g/mol. The highest BCUT2D eigenvalue weighted by Gasteiger charge is 2.53. The van der Waals surface area contributed by atoms with Crippen molar-refractivity contribution in [3.63, 3.8) is 0 Å². The van der Waals surface area contributed by atoms with Crippen LogP contribution in [-0.2, 0) is 16.0 Å². The molecule has 1 saturated heterocycles. The van der Waals surface area contributed by atoms with Crippen molar-refractivity contribution < 1.29 is 14.6 Å². The largest absolute Gasteiger partial charge is 0.468 e. The summed E-state index contributed by atoms with van der Waals surface area (Å²) < 4.78 is 6.81. The summed E-state index contributed by atoms with van der Waals surface area (Å²) in [5, 5.41) is 18.5. The number of carbonyl (C=O) groups excluding carboxylic acids is 1. The predicted molar refractivity (Wildman–Crippen MR) is 117 cm³/mol. The van der Waals surface area contributed by atoms with Crippen molar-refractivity contribution in [1.29, 1.82) is 0 Å². The van der Waals surface area contributed by atoms with Crippen LogP contribution in [0.2, 0.25) is 0 Å². The predicted octanol–water partition coefficient (Wildman–Crippen LogP) is 2.35. The number of rotatable bonds is 6. The van der Waals surface area contributed by atoms with Crippen LogP contribution in [0.25, 0.3) is 5.65 Å². The molecule has 0 amide bonds. The lowest BCUT2D eigenvalue weighted by atomic mass is 9.79. The third-order valence-electron chi connectivity index (χ3n) is 7.41. The van der Waals surface area contributed by atoms with Gasteiger partial charge in [-0.25, -0.2) is 9.50 Å². The fraction of sp³-hybridized carbons (Fsp3) is 0.696. The van der Waals surface area contributed by atoms with Crippen molar-refractivity contribution in [3.05, 3.63) is 29.7 Å². The molecule has 4 rings (SSSR count). The van der Waals surface area contributed by atoms with E-state index >= 15 is 0 Å². The standard InChI is InChI=1S/C23H35N5O3/c1-4-16-11-23(21(29)25-16,22(30)31-3)12-17-9-10-19-26-18(13-28(19)27-17)20(24)15-7-5-14(2)6-8-15/h9-10,13-16,20-21,25,29H,4-8,11-12,24H2,1-3H3/t14?,15?,16-,20+,21?,23+/m1/s1. The topological polar surface area (TPSA) is 115 Å². The molecular formula is C23H35N5O3. The first kappa shape index (κ1) is 22.2. The molecule has 2 fully saturated rings. The lowest BCUT2D eigenvalue weighted by molar-refractivity contribution is -0.159. The minimum Gasteiger partial charge on any atom is -0.468 e. The number of nitrogens with zero attached hydrogens (tertiary/aromatic N) is 3. The first-order valence-electron chi connectivity index (χ1n) is 11.5. The molecule has 170 valence electrons. The molecule has 31 heavy (non-hydrogen) atoms. The van der Waals surface area contributed by atoms with Gasteiger partial charge in [-0.1, -0.05) is 26.7 Å². The molecule has 0 radical (unpaired) electrons. The van der Waals surface area contributed by atoms with E-state index in [9.17, 15) is 9.90 Å². The average Bonchev–Trinajstić information content (AvgIpc) is 3.34. The third-order valence-corrected chi connectivity index (χ3v) is 7.41. The summed E-state index contributed by atoms with van der Waals surface area (Å²) in [7, 11) is 1.36. The minimum atomic E-state index is -1.05. The Balaban J connectivity index is 1.57. The van der Waals surface area contributed by atoms with Crippen LogP contribution in [0.4, 0.5) is 0 Å². The third kappa shape index (κ3) is 4.21. The summed E-state index contributed by atoms with van der Waals surface area (Å²) in [6.45, 7) is 4.34. The molecule has 4 N–H and O–H groups in total. The van der Waals surface area contributed by atoms with Gasteiger partial charge in [-0.2, -0.15) is 5.10 Å². The summed E-state index contributed by atoms with van der Waals surface area (Å²) in [4.78, 5) is 17.4. The number of hydrogen-bond acceptors (Lipinski definition) is 7. The van der Waals surface area contributed by atoms with Crippen molar-refractivity contribution in [2.45, 2.75) is 77.1 Å². The Morgan fingerprint density at radius 2 is 2.13 bits per heavy atom. The van der Waals surface area contributed by atoms with Gasteiger partial charge in [0.2, 0.25) is 0 Å². The number of ether oxygens (including phenoxy) is 1. The van der Waals surface area contributed by atoms with Gasteiger partial charge >= 0.3 is 5.97 Å². The summed E-state index contributed by atoms with van der Waals surface area (Å²) in [6.07, 6.45) is 7.29. The second-order valence-corrected chi connectivity index (χ2v) is 9.54. The van der Waals surface area contributed by atoms with E-state index in [0.29, 0.717) is 24.5 Å². The highest BCUT2D eigenvalue weighted by atomic mass is 16.5. The van der Waals surface area contributed by atoms with Gasteiger partial charge in [-0.3, -0.25) is 10.1 Å². The van der Waals surface area contributed by atoms with Gasteiger partial charge in [-0.05, 0) is 49.7 Å². The number of carbonyl (C=O) groups is 1. The molecule has 4 atom stereocenters. The molecule has 2 aromatic rings. The van der Waals surface area contributed by atoms with Crippen LogP contribution in [0.5, 0.6) is 0 Å². The number of esters is 1. The Kier molecular flexibility index (Phi) is 6.32. The maximum Gasteiger partial charge on any atom is 0.316 e. The maximum absolute atomic E-state index is 12.7. The molecule has 8 nitrogen and oxygen atoms in total. The van der Waals surface area contributed by atoms with Gasteiger partial charge in [0.25, 0.3) is 0 Å². The number of aliphatic hydroxyl groups excluding tert-OH is 1. The van der Waals surface area contributed by atoms with Crippen LogP contribution in [0.15, 0.2) is 18.3 Å². The number of aromatic nitrogens is 3. The maximum atomic E-state index is 12.7. The zero-order valence-electron chi connectivity index (χ0n) is 18.8. The van der Waals surface area contributed by atoms with Gasteiger partial charge in [0, 0.05) is 12.5 Å². The van der Waals surface area contributed by atoms with Crippen LogP contribution < -0.4 is 11.1 Å². The molecule has 8 heteroatoms. The van der Waals surface area contributed by atoms with Gasteiger partial charge in [-0.15, -0.1) is 0 Å². The lowest BCUT2D eigenvalue weighted by Gasteiger charge is -2.29. The Labute approximate surface area is 183 Å². The van der Waals surface area contributed by atoms with Crippen LogP contribution in [0.1, 0.15) is 69.8 Å². The second kappa shape index (κ2) is 8.84. The zero-order valence-corrected chi connectivity index (χ0v) is 18.8. The van der Waals surface area contributed by atoms with E-state index in [1.807, 2.05) is 25.3 Å². The van der Waals surface area contributed by atoms with Crippen LogP contribution in [-0.4, -0.2) is 45.1 Å². The number of imidazole rings is 1. The molecule has 0 aromatic carbocycles. The second-order valence-electron chi connectivity index (χ2n) is 9.54. The quantitative estimate of drug-likeness (QED) is 0.604. The minimum absolute atomic E-state index is 0.0638. The van der Waals surface area contributed by atoms with Crippen LogP contribution in [0, 0.1) is 17.3 Å². The Morgan fingerprint density at radius 3 is 2.77 bits per heavy atom. The van der Waals surface area contributed by atoms with E-state index in [2.05, 4.69) is 12.2 Å². The number of methoxy groups -OCH3 is 1. The number of hydrogen-bond donors (Lipinski definition) is 3. The van der Waals surface area contributed by atoms with Gasteiger partial charge in [0.1, 0.15) is 11.6 Å². The Morgan fingerprint density at radius 1 is 1.39 bits per heavy atom. The Hall–Kier alpha value is -2.03. The number of fused-ring (bicyclic) bond motifs is 1. The van der Waals surface area contributed by atoms with E-state index < -0.39 is 17.6 Å². The fourth-order valence-corrected chi connectivity index (χ4v) is 5.30. The summed E-state index contributed by atoms with van der Waals surface area (Å²) in [6, 6.07) is 3.74. The number of aliphatic hydroxyl groups is 1. The van der Waals surface area contributed by atoms with Crippen molar-refractivity contribution in [2.24, 2.45) is 23.0 Å². The van der Waals surface area contributed by atoms with Gasteiger partial charge in [0.15, 0.2) is 5.65 Å². The average molecular weight is 430 g/mol. The molecular weight excluding hydrogens is 394 g/mol. The van der Waals surface area contributed by atoms with Crippen LogP contribution >= 0.6 is 0 Å². The SMILES string of the molecule is CC[C@@H]1C[C@@](Cc2ccc3nc([C@@H](N)C4CCC(C)CC4)cn3n2)(C(=O)OC)C(O)N1. The normalized spacial score (nSPS) is 32.3. The molecule has 3 heterocycles. The molecule has 1 saturated carbocycles. The summed E-state index contributed by atoms with van der Waals surface area (Å²) in [5.41, 5.74) is 7.83. The molecule has 1 aliphatic heterocycles. The number of nitrogens with two attached hydrogens (primary N) is 1. The van der Waals surface area contributed by atoms with Crippen molar-refractivity contribution in [1.82, 2.24) is 19.9 Å². The van der Waals surface area contributed by atoms with E-state index in [1.165, 1.54) is 20.0 Å². The summed E-state index contributed by atoms with van der Waals surface area (Å²) >= 11 is 0. The molecule has 0 bridgehead atoms. The molecule has 1 unspecified atom stereocenters. The van der Waals surface area contributed by atoms with E-state index in [-0.39, 0.29) is 12.1 Å². The Bertz CT molecular complexity index is 923. The number of nitrogens with one attached hydrogen (secondary N) is 1. The first-order valence-corrected chi connectivity index (χ1v) is 11.5. The van der Waals surface area contributed by atoms with Crippen LogP contribution in [0.3, 0.4) is 0 Å². The van der Waals surface area contributed by atoms with Crippen molar-refractivity contribution >= 4 is 11.6 Å². The molecule has 2 aromatic heterocycles. The lowest BCUT2D eigenvalue weighted by Crippen LogP contribution is -2.45. The highest BCUT2D eigenvalue weighted by molar-refractivity contribution is 5.78. The van der Waals surface area contributed by atoms with E-state index in [4.69, 9.17) is 20.6 Å². The van der Waals surface area contributed by atoms with E-state index in [0.717, 1.165) is 36.5 Å². The van der Waals surface area contributed by atoms with Gasteiger partial charge < -0.3 is 15.6 Å². The highest BCUT2D eigenvalue weighted by Crippen LogP contribution is 2.39. The molecule has 1 aliphatic carbocycles. The fourth-order valence-electron chi connectivity index (χ4n) is 5.30. The molecule has 0 spiro atoms. The molecule has 2 aliphatic rings. The van der Waals surface area contributed by atoms with E-state index in [1.54, 1.807) is 4.52 Å². The van der Waals surface area contributed by atoms with Gasteiger partial charge in [0.05, 0.1) is 30.7 Å². The zero-order chi connectivity index (χ0) is 22.2. The van der Waals surface area contributed by atoms with Crippen molar-refractivity contribution in [2.75, 3.05) is 7.11 Å². The summed E-state index contributed by atoms with van der Waals surface area (Å²) in [5.74, 6) is 0.822. The smallest absolute Gasteiger partial charge is 0.316 e. The first-order chi connectivity index (χ1) is 14.9.